The first-order chi connectivity index (χ1) is 12.0. The number of nitrogens with one attached hydrogen (secondary N) is 2. The summed E-state index contributed by atoms with van der Waals surface area (Å²) in [5.74, 6) is -0.681. The predicted molar refractivity (Wildman–Crippen MR) is 101 cm³/mol. The number of fused-ring (bicyclic) bond motifs is 3. The number of esters is 1. The van der Waals surface area contributed by atoms with E-state index in [0.717, 1.165) is 31.8 Å². The maximum atomic E-state index is 12.2. The zero-order chi connectivity index (χ0) is 18.0. The van der Waals surface area contributed by atoms with E-state index >= 15 is 0 Å². The molecule has 25 heavy (non-hydrogen) atoms. The lowest BCUT2D eigenvalue weighted by atomic mass is 10.0. The van der Waals surface area contributed by atoms with E-state index in [4.69, 9.17) is 4.74 Å². The van der Waals surface area contributed by atoms with Gasteiger partial charge in [-0.25, -0.2) is 4.79 Å². The smallest absolute Gasteiger partial charge is 0.328 e. The van der Waals surface area contributed by atoms with Crippen molar-refractivity contribution in [1.29, 1.82) is 0 Å². The Morgan fingerprint density at radius 1 is 1.24 bits per heavy atom. The highest BCUT2D eigenvalue weighted by Crippen LogP contribution is 2.30. The molecule has 130 valence electrons. The third-order valence-corrected chi connectivity index (χ3v) is 4.55. The fraction of sp³-hybridized carbons (Fsp3) is 0.263. The molecule has 1 heterocycles. The Morgan fingerprint density at radius 3 is 2.76 bits per heavy atom. The van der Waals surface area contributed by atoms with Crippen LogP contribution in [0, 0.1) is 0 Å². The largest absolute Gasteiger partial charge is 0.464 e. The quantitative estimate of drug-likeness (QED) is 0.639. The molecule has 0 saturated heterocycles. The molecule has 1 aromatic heterocycles. The first-order valence-electron chi connectivity index (χ1n) is 8.12. The van der Waals surface area contributed by atoms with Crippen LogP contribution in [0.15, 0.2) is 40.9 Å². The number of hydrogen-bond donors (Lipinski definition) is 2. The number of halogens is 1. The van der Waals surface area contributed by atoms with E-state index in [-0.39, 0.29) is 12.5 Å². The van der Waals surface area contributed by atoms with Gasteiger partial charge in [0.05, 0.1) is 6.61 Å². The summed E-state index contributed by atoms with van der Waals surface area (Å²) in [5, 5.41) is 4.88. The molecule has 0 saturated carbocycles. The van der Waals surface area contributed by atoms with E-state index in [1.807, 2.05) is 30.3 Å². The van der Waals surface area contributed by atoms with E-state index in [1.54, 1.807) is 6.92 Å². The highest BCUT2D eigenvalue weighted by atomic mass is 79.9. The summed E-state index contributed by atoms with van der Waals surface area (Å²) in [5.41, 5.74) is 2.95. The molecule has 0 radical (unpaired) electrons. The first kappa shape index (κ1) is 17.5. The number of benzene rings is 2. The highest BCUT2D eigenvalue weighted by molar-refractivity contribution is 9.10. The van der Waals surface area contributed by atoms with Gasteiger partial charge in [0, 0.05) is 39.6 Å². The number of ether oxygens (including phenoxy) is 1. The maximum Gasteiger partial charge on any atom is 0.328 e. The van der Waals surface area contributed by atoms with Gasteiger partial charge in [0.15, 0.2) is 0 Å². The standard InChI is InChI=1S/C19H19BrN2O3/c1-3-25-19(24)17(21-11(2)23)9-12-5-4-6-14-15-10-13(20)7-8-16(15)22-18(12)14/h4-8,10,17,22H,3,9H2,1-2H3,(H,21,23). The average Bonchev–Trinajstić information content (AvgIpc) is 2.93. The van der Waals surface area contributed by atoms with E-state index in [1.165, 1.54) is 6.92 Å². The van der Waals surface area contributed by atoms with Crippen LogP contribution < -0.4 is 5.32 Å². The zero-order valence-electron chi connectivity index (χ0n) is 14.1. The Labute approximate surface area is 153 Å². The van der Waals surface area contributed by atoms with Gasteiger partial charge in [0.2, 0.25) is 5.91 Å². The van der Waals surface area contributed by atoms with Crippen LogP contribution in [-0.4, -0.2) is 29.5 Å². The number of aromatic nitrogens is 1. The summed E-state index contributed by atoms with van der Waals surface area (Å²) in [4.78, 5) is 27.1. The van der Waals surface area contributed by atoms with Crippen LogP contribution >= 0.6 is 15.9 Å². The van der Waals surface area contributed by atoms with Crippen LogP contribution in [0.3, 0.4) is 0 Å². The minimum atomic E-state index is -0.707. The Bertz CT molecular complexity index is 948. The van der Waals surface area contributed by atoms with Gasteiger partial charge in [0.25, 0.3) is 0 Å². The molecule has 0 spiro atoms. The molecule has 0 fully saturated rings. The normalized spacial score (nSPS) is 12.3. The van der Waals surface area contributed by atoms with Crippen molar-refractivity contribution in [3.05, 3.63) is 46.4 Å². The molecule has 0 bridgehead atoms. The van der Waals surface area contributed by atoms with Crippen molar-refractivity contribution in [2.45, 2.75) is 26.3 Å². The zero-order valence-corrected chi connectivity index (χ0v) is 15.6. The summed E-state index contributed by atoms with van der Waals surface area (Å²) in [6, 6.07) is 11.3. The molecule has 3 rings (SSSR count). The minimum absolute atomic E-state index is 0.259. The molecular weight excluding hydrogens is 384 g/mol. The van der Waals surface area contributed by atoms with E-state index < -0.39 is 12.0 Å². The van der Waals surface area contributed by atoms with Crippen LogP contribution in [0.2, 0.25) is 0 Å². The maximum absolute atomic E-state index is 12.2. The van der Waals surface area contributed by atoms with Crippen molar-refractivity contribution >= 4 is 49.6 Å². The highest BCUT2D eigenvalue weighted by Gasteiger charge is 2.22. The Hall–Kier alpha value is -2.34. The molecule has 0 aliphatic heterocycles. The fourth-order valence-corrected chi connectivity index (χ4v) is 3.39. The summed E-state index contributed by atoms with van der Waals surface area (Å²) < 4.78 is 6.10. The molecule has 6 heteroatoms. The fourth-order valence-electron chi connectivity index (χ4n) is 3.03. The Morgan fingerprint density at radius 2 is 2.04 bits per heavy atom. The van der Waals surface area contributed by atoms with Crippen LogP contribution in [0.4, 0.5) is 0 Å². The molecule has 2 N–H and O–H groups in total. The number of para-hydroxylation sites is 1. The van der Waals surface area contributed by atoms with Gasteiger partial charge >= 0.3 is 5.97 Å². The molecule has 0 aliphatic rings. The third kappa shape index (κ3) is 3.69. The monoisotopic (exact) mass is 402 g/mol. The van der Waals surface area contributed by atoms with E-state index in [0.29, 0.717) is 6.42 Å². The molecule has 3 aromatic rings. The first-order valence-corrected chi connectivity index (χ1v) is 8.91. The van der Waals surface area contributed by atoms with Crippen molar-refractivity contribution in [3.63, 3.8) is 0 Å². The lowest BCUT2D eigenvalue weighted by Gasteiger charge is -2.16. The minimum Gasteiger partial charge on any atom is -0.464 e. The third-order valence-electron chi connectivity index (χ3n) is 4.05. The summed E-state index contributed by atoms with van der Waals surface area (Å²) in [6.07, 6.45) is 0.365. The molecule has 1 amide bonds. The SMILES string of the molecule is CCOC(=O)C(Cc1cccc2c1[nH]c1ccc(Br)cc12)NC(C)=O. The lowest BCUT2D eigenvalue weighted by molar-refractivity contribution is -0.147. The van der Waals surface area contributed by atoms with Gasteiger partial charge < -0.3 is 15.0 Å². The number of amides is 1. The average molecular weight is 403 g/mol. The number of rotatable bonds is 5. The topological polar surface area (TPSA) is 71.2 Å². The molecule has 0 aliphatic carbocycles. The van der Waals surface area contributed by atoms with E-state index in [2.05, 4.69) is 32.3 Å². The van der Waals surface area contributed by atoms with Crippen molar-refractivity contribution in [2.75, 3.05) is 6.61 Å². The van der Waals surface area contributed by atoms with Gasteiger partial charge in [-0.3, -0.25) is 4.79 Å². The second kappa shape index (κ2) is 7.27. The summed E-state index contributed by atoms with van der Waals surface area (Å²) >= 11 is 3.50. The Balaban J connectivity index is 2.03. The van der Waals surface area contributed by atoms with Gasteiger partial charge in [0.1, 0.15) is 6.04 Å². The molecule has 1 unspecified atom stereocenters. The van der Waals surface area contributed by atoms with Crippen LogP contribution in [0.1, 0.15) is 19.4 Å². The van der Waals surface area contributed by atoms with Crippen molar-refractivity contribution in [2.24, 2.45) is 0 Å². The predicted octanol–water partition coefficient (Wildman–Crippen LogP) is 3.69. The van der Waals surface area contributed by atoms with E-state index in [9.17, 15) is 9.59 Å². The van der Waals surface area contributed by atoms with Gasteiger partial charge in [-0.05, 0) is 30.7 Å². The van der Waals surface area contributed by atoms with Gasteiger partial charge in [-0.1, -0.05) is 34.1 Å². The van der Waals surface area contributed by atoms with Gasteiger partial charge in [-0.15, -0.1) is 0 Å². The van der Waals surface area contributed by atoms with Crippen LogP contribution in [-0.2, 0) is 20.7 Å². The Kier molecular flexibility index (Phi) is 5.08. The number of carbonyl (C=O) groups is 2. The molecule has 1 atom stereocenters. The van der Waals surface area contributed by atoms with Crippen LogP contribution in [0.25, 0.3) is 21.8 Å². The molecule has 2 aromatic carbocycles. The van der Waals surface area contributed by atoms with Gasteiger partial charge in [-0.2, -0.15) is 0 Å². The number of H-pyrrole nitrogens is 1. The van der Waals surface area contributed by atoms with Crippen LogP contribution in [0.5, 0.6) is 0 Å². The number of hydrogen-bond acceptors (Lipinski definition) is 3. The van der Waals surface area contributed by atoms with Crippen molar-refractivity contribution in [3.8, 4) is 0 Å². The second-order valence-corrected chi connectivity index (χ2v) is 6.78. The lowest BCUT2D eigenvalue weighted by Crippen LogP contribution is -2.42. The number of aromatic amines is 1. The summed E-state index contributed by atoms with van der Waals surface area (Å²) in [7, 11) is 0. The van der Waals surface area contributed by atoms with Crippen molar-refractivity contribution in [1.82, 2.24) is 10.3 Å². The number of carbonyl (C=O) groups excluding carboxylic acids is 2. The molecular formula is C19H19BrN2O3. The molecule has 5 nitrogen and oxygen atoms in total. The summed E-state index contributed by atoms with van der Waals surface area (Å²) in [6.45, 7) is 3.42. The van der Waals surface area contributed by atoms with Crippen molar-refractivity contribution < 1.29 is 14.3 Å². The second-order valence-electron chi connectivity index (χ2n) is 5.86.